The second-order valence-electron chi connectivity index (χ2n) is 4.18. The number of rotatable bonds is 5. The quantitative estimate of drug-likeness (QED) is 0.700. The van der Waals surface area contributed by atoms with Crippen molar-refractivity contribution >= 4 is 41.8 Å². The highest BCUT2D eigenvalue weighted by atomic mass is 79.9. The standard InChI is InChI=1S/C9H12BrN3O4S2/c10-8-5-7(18(11,14)15)3-4-9(8)13-19(16,17)12-6-1-2-6/h3-6,12-13H,1-2H2,(H2,11,14,15). The van der Waals surface area contributed by atoms with Crippen LogP contribution in [0.15, 0.2) is 27.6 Å². The summed E-state index contributed by atoms with van der Waals surface area (Å²) in [6.45, 7) is 0. The molecule has 1 fully saturated rings. The summed E-state index contributed by atoms with van der Waals surface area (Å²) in [5.41, 5.74) is 0.237. The molecule has 1 aliphatic carbocycles. The molecule has 0 heterocycles. The third-order valence-electron chi connectivity index (χ3n) is 2.41. The highest BCUT2D eigenvalue weighted by Crippen LogP contribution is 2.27. The molecular formula is C9H12BrN3O4S2. The molecule has 0 aromatic heterocycles. The number of hydrogen-bond donors (Lipinski definition) is 3. The van der Waals surface area contributed by atoms with Crippen LogP contribution in [-0.2, 0) is 20.2 Å². The summed E-state index contributed by atoms with van der Waals surface area (Å²) in [6, 6.07) is 3.79. The molecule has 7 nitrogen and oxygen atoms in total. The van der Waals surface area contributed by atoms with Crippen LogP contribution < -0.4 is 14.6 Å². The largest absolute Gasteiger partial charge is 0.299 e. The molecule has 1 aromatic rings. The summed E-state index contributed by atoms with van der Waals surface area (Å²) in [5, 5.41) is 4.98. The van der Waals surface area contributed by atoms with E-state index in [1.165, 1.54) is 18.2 Å². The van der Waals surface area contributed by atoms with E-state index in [2.05, 4.69) is 25.4 Å². The van der Waals surface area contributed by atoms with Gasteiger partial charge in [-0.25, -0.2) is 13.6 Å². The van der Waals surface area contributed by atoms with Crippen molar-refractivity contribution < 1.29 is 16.8 Å². The normalized spacial score (nSPS) is 16.3. The zero-order chi connectivity index (χ0) is 14.3. The molecule has 1 aromatic carbocycles. The Balaban J connectivity index is 2.22. The molecule has 19 heavy (non-hydrogen) atoms. The average Bonchev–Trinajstić information content (AvgIpc) is 3.02. The van der Waals surface area contributed by atoms with Crippen molar-refractivity contribution in [1.82, 2.24) is 4.72 Å². The smallest absolute Gasteiger partial charge is 0.270 e. The SMILES string of the molecule is NS(=O)(=O)c1ccc(NS(=O)(=O)NC2CC2)c(Br)c1. The topological polar surface area (TPSA) is 118 Å². The Hall–Kier alpha value is -0.680. The van der Waals surface area contributed by atoms with Crippen LogP contribution in [0.2, 0.25) is 0 Å². The van der Waals surface area contributed by atoms with E-state index in [9.17, 15) is 16.8 Å². The van der Waals surface area contributed by atoms with Gasteiger partial charge in [0.25, 0.3) is 10.2 Å². The maximum Gasteiger partial charge on any atom is 0.299 e. The zero-order valence-corrected chi connectivity index (χ0v) is 12.8. The molecule has 0 radical (unpaired) electrons. The van der Waals surface area contributed by atoms with Crippen molar-refractivity contribution in [2.75, 3.05) is 4.72 Å². The Labute approximate surface area is 119 Å². The summed E-state index contributed by atoms with van der Waals surface area (Å²) in [4.78, 5) is -0.0996. The van der Waals surface area contributed by atoms with Crippen LogP contribution in [0, 0.1) is 0 Å². The summed E-state index contributed by atoms with van der Waals surface area (Å²) >= 11 is 3.10. The fourth-order valence-electron chi connectivity index (χ4n) is 1.35. The monoisotopic (exact) mass is 369 g/mol. The van der Waals surface area contributed by atoms with E-state index in [1.807, 2.05) is 0 Å². The van der Waals surface area contributed by atoms with Crippen LogP contribution in [0.4, 0.5) is 5.69 Å². The molecule has 1 aliphatic rings. The van der Waals surface area contributed by atoms with Gasteiger partial charge in [0.2, 0.25) is 10.0 Å². The molecule has 0 unspecified atom stereocenters. The summed E-state index contributed by atoms with van der Waals surface area (Å²) < 4.78 is 50.7. The molecule has 2 rings (SSSR count). The first-order valence-electron chi connectivity index (χ1n) is 5.30. The first-order chi connectivity index (χ1) is 8.67. The van der Waals surface area contributed by atoms with Crippen LogP contribution in [-0.4, -0.2) is 22.9 Å². The number of hydrogen-bond acceptors (Lipinski definition) is 4. The molecule has 10 heteroatoms. The maximum absolute atomic E-state index is 11.7. The van der Waals surface area contributed by atoms with E-state index in [-0.39, 0.29) is 16.6 Å². The number of primary sulfonamides is 1. The molecule has 106 valence electrons. The number of nitrogens with one attached hydrogen (secondary N) is 2. The molecule has 0 aliphatic heterocycles. The lowest BCUT2D eigenvalue weighted by molar-refractivity contribution is 0.586. The van der Waals surface area contributed by atoms with Crippen molar-refractivity contribution in [2.45, 2.75) is 23.8 Å². The highest BCUT2D eigenvalue weighted by Gasteiger charge is 2.27. The fraction of sp³-hybridized carbons (Fsp3) is 0.333. The van der Waals surface area contributed by atoms with Crippen molar-refractivity contribution in [3.63, 3.8) is 0 Å². The zero-order valence-electron chi connectivity index (χ0n) is 9.63. The second kappa shape index (κ2) is 5.02. The Kier molecular flexibility index (Phi) is 3.89. The Morgan fingerprint density at radius 1 is 1.21 bits per heavy atom. The predicted molar refractivity (Wildman–Crippen MR) is 74.2 cm³/mol. The minimum atomic E-state index is -3.82. The van der Waals surface area contributed by atoms with Gasteiger partial charge < -0.3 is 0 Å². The lowest BCUT2D eigenvalue weighted by atomic mass is 10.3. The molecule has 0 saturated heterocycles. The van der Waals surface area contributed by atoms with Crippen LogP contribution in [0.3, 0.4) is 0 Å². The Bertz CT molecular complexity index is 698. The first-order valence-corrected chi connectivity index (χ1v) is 9.12. The van der Waals surface area contributed by atoms with E-state index in [4.69, 9.17) is 5.14 Å². The summed E-state index contributed by atoms with van der Waals surface area (Å²) in [5.74, 6) is 0. The van der Waals surface area contributed by atoms with Gasteiger partial charge in [0.05, 0.1) is 10.6 Å². The van der Waals surface area contributed by atoms with Crippen LogP contribution in [0.25, 0.3) is 0 Å². The van der Waals surface area contributed by atoms with Crippen LogP contribution >= 0.6 is 15.9 Å². The van der Waals surface area contributed by atoms with Gasteiger partial charge in [0.15, 0.2) is 0 Å². The molecular weight excluding hydrogens is 358 g/mol. The van der Waals surface area contributed by atoms with E-state index in [0.29, 0.717) is 4.47 Å². The minimum Gasteiger partial charge on any atom is -0.270 e. The number of nitrogens with two attached hydrogens (primary N) is 1. The molecule has 0 atom stereocenters. The predicted octanol–water partition coefficient (Wildman–Crippen LogP) is 0.505. The van der Waals surface area contributed by atoms with E-state index < -0.39 is 20.2 Å². The van der Waals surface area contributed by atoms with Crippen LogP contribution in [0.1, 0.15) is 12.8 Å². The first kappa shape index (κ1) is 14.7. The van der Waals surface area contributed by atoms with Crippen LogP contribution in [0.5, 0.6) is 0 Å². The highest BCUT2D eigenvalue weighted by molar-refractivity contribution is 9.10. The van der Waals surface area contributed by atoms with Gasteiger partial charge in [0.1, 0.15) is 0 Å². The lowest BCUT2D eigenvalue weighted by Crippen LogP contribution is -2.31. The van der Waals surface area contributed by atoms with Crippen molar-refractivity contribution in [3.8, 4) is 0 Å². The number of halogens is 1. The van der Waals surface area contributed by atoms with Gasteiger partial charge >= 0.3 is 0 Å². The van der Waals surface area contributed by atoms with E-state index in [0.717, 1.165) is 12.8 Å². The summed E-state index contributed by atoms with van der Waals surface area (Å²) in [7, 11) is -7.47. The van der Waals surface area contributed by atoms with Crippen molar-refractivity contribution in [2.24, 2.45) is 5.14 Å². The van der Waals surface area contributed by atoms with E-state index >= 15 is 0 Å². The van der Waals surface area contributed by atoms with E-state index in [1.54, 1.807) is 0 Å². The van der Waals surface area contributed by atoms with Gasteiger partial charge in [-0.05, 0) is 47.0 Å². The number of sulfonamides is 1. The van der Waals surface area contributed by atoms with Gasteiger partial charge in [0, 0.05) is 10.5 Å². The fourth-order valence-corrected chi connectivity index (χ4v) is 3.85. The van der Waals surface area contributed by atoms with Gasteiger partial charge in [-0.3, -0.25) is 4.72 Å². The maximum atomic E-state index is 11.7. The molecule has 1 saturated carbocycles. The number of benzene rings is 1. The van der Waals surface area contributed by atoms with Gasteiger partial charge in [-0.15, -0.1) is 0 Å². The minimum absolute atomic E-state index is 0.0139. The van der Waals surface area contributed by atoms with Gasteiger partial charge in [-0.2, -0.15) is 13.1 Å². The Morgan fingerprint density at radius 2 is 1.84 bits per heavy atom. The van der Waals surface area contributed by atoms with Crippen molar-refractivity contribution in [3.05, 3.63) is 22.7 Å². The molecule has 0 spiro atoms. The van der Waals surface area contributed by atoms with Crippen molar-refractivity contribution in [1.29, 1.82) is 0 Å². The lowest BCUT2D eigenvalue weighted by Gasteiger charge is -2.10. The molecule has 0 bridgehead atoms. The second-order valence-corrected chi connectivity index (χ2v) is 8.05. The third-order valence-corrected chi connectivity index (χ3v) is 5.11. The number of anilines is 1. The average molecular weight is 370 g/mol. The molecule has 0 amide bonds. The third kappa shape index (κ3) is 4.14. The molecule has 4 N–H and O–H groups in total. The summed E-state index contributed by atoms with van der Waals surface area (Å²) in [6.07, 6.45) is 1.65. The van der Waals surface area contributed by atoms with Gasteiger partial charge in [-0.1, -0.05) is 0 Å². The Morgan fingerprint density at radius 3 is 2.32 bits per heavy atom.